The molecular weight excluding hydrogens is 522 g/mol. The van der Waals surface area contributed by atoms with E-state index in [-0.39, 0.29) is 41.7 Å². The number of amides is 2. The first-order valence-corrected chi connectivity index (χ1v) is 13.3. The third-order valence-electron chi connectivity index (χ3n) is 9.01. The SMILES string of the molecule is O=C1CC2(CCN(C(=O)C3(c4cc(C(F)(F)F)cc(C(F)(F)F)c4)CCCC3)CC2)C(c2ccccc2)CN1. The van der Waals surface area contributed by atoms with Gasteiger partial charge < -0.3 is 10.2 Å². The summed E-state index contributed by atoms with van der Waals surface area (Å²) in [5.74, 6) is -0.427. The number of carbonyl (C=O) groups excluding carboxylic acids is 2. The van der Waals surface area contributed by atoms with Crippen molar-refractivity contribution in [2.24, 2.45) is 5.41 Å². The monoisotopic (exact) mass is 552 g/mol. The van der Waals surface area contributed by atoms with Crippen LogP contribution in [0.4, 0.5) is 26.3 Å². The number of benzene rings is 2. The normalized spacial score (nSPS) is 23.1. The van der Waals surface area contributed by atoms with Crippen LogP contribution in [0, 0.1) is 5.41 Å². The van der Waals surface area contributed by atoms with Crippen molar-refractivity contribution in [1.82, 2.24) is 10.2 Å². The molecule has 1 atom stereocenters. The van der Waals surface area contributed by atoms with Gasteiger partial charge in [0.05, 0.1) is 16.5 Å². The largest absolute Gasteiger partial charge is 0.416 e. The second-order valence-corrected chi connectivity index (χ2v) is 11.2. The van der Waals surface area contributed by atoms with Gasteiger partial charge in [0.1, 0.15) is 0 Å². The molecule has 1 N–H and O–H groups in total. The maximum absolute atomic E-state index is 14.0. The van der Waals surface area contributed by atoms with Gasteiger partial charge in [-0.15, -0.1) is 0 Å². The van der Waals surface area contributed by atoms with Gasteiger partial charge in [0, 0.05) is 32.0 Å². The Kier molecular flexibility index (Phi) is 6.96. The fourth-order valence-corrected chi connectivity index (χ4v) is 6.91. The maximum Gasteiger partial charge on any atom is 0.416 e. The molecule has 2 heterocycles. The van der Waals surface area contributed by atoms with E-state index in [0.29, 0.717) is 51.7 Å². The summed E-state index contributed by atoms with van der Waals surface area (Å²) in [5.41, 5.74) is -3.73. The summed E-state index contributed by atoms with van der Waals surface area (Å²) in [5, 5.41) is 2.94. The van der Waals surface area contributed by atoms with E-state index in [1.165, 1.54) is 0 Å². The van der Waals surface area contributed by atoms with Gasteiger partial charge in [0.25, 0.3) is 0 Å². The number of hydrogen-bond acceptors (Lipinski definition) is 2. The molecule has 3 fully saturated rings. The van der Waals surface area contributed by atoms with E-state index >= 15 is 0 Å². The Labute approximate surface area is 222 Å². The minimum absolute atomic E-state index is 0.0481. The second kappa shape index (κ2) is 9.86. The average Bonchev–Trinajstić information content (AvgIpc) is 3.39. The predicted molar refractivity (Wildman–Crippen MR) is 132 cm³/mol. The first-order valence-electron chi connectivity index (χ1n) is 13.3. The van der Waals surface area contributed by atoms with E-state index < -0.39 is 34.8 Å². The van der Waals surface area contributed by atoms with Crippen molar-refractivity contribution >= 4 is 11.8 Å². The molecule has 2 aromatic carbocycles. The number of alkyl halides is 6. The molecule has 3 aliphatic rings. The number of hydrogen-bond donors (Lipinski definition) is 1. The molecule has 1 unspecified atom stereocenters. The number of nitrogens with one attached hydrogen (secondary N) is 1. The van der Waals surface area contributed by atoms with Crippen LogP contribution in [0.3, 0.4) is 0 Å². The quantitative estimate of drug-likeness (QED) is 0.445. The van der Waals surface area contributed by atoms with Crippen LogP contribution >= 0.6 is 0 Å². The Hall–Kier alpha value is -3.04. The first-order chi connectivity index (χ1) is 18.3. The highest BCUT2D eigenvalue weighted by atomic mass is 19.4. The molecule has 2 aliphatic heterocycles. The maximum atomic E-state index is 14.0. The molecule has 1 aliphatic carbocycles. The molecule has 5 rings (SSSR count). The Morgan fingerprint density at radius 3 is 1.95 bits per heavy atom. The number of carbonyl (C=O) groups is 2. The summed E-state index contributed by atoms with van der Waals surface area (Å²) >= 11 is 0. The smallest absolute Gasteiger partial charge is 0.355 e. The second-order valence-electron chi connectivity index (χ2n) is 11.2. The van der Waals surface area contributed by atoms with Gasteiger partial charge in [-0.3, -0.25) is 9.59 Å². The lowest BCUT2D eigenvalue weighted by Gasteiger charge is -2.50. The first kappa shape index (κ1) is 27.5. The Bertz CT molecular complexity index is 1190. The molecule has 0 radical (unpaired) electrons. The minimum Gasteiger partial charge on any atom is -0.355 e. The summed E-state index contributed by atoms with van der Waals surface area (Å²) in [4.78, 5) is 28.0. The van der Waals surface area contributed by atoms with E-state index in [0.717, 1.165) is 17.7 Å². The van der Waals surface area contributed by atoms with E-state index in [9.17, 15) is 35.9 Å². The summed E-state index contributed by atoms with van der Waals surface area (Å²) in [7, 11) is 0. The third kappa shape index (κ3) is 5.14. The van der Waals surface area contributed by atoms with Crippen molar-refractivity contribution < 1.29 is 35.9 Å². The van der Waals surface area contributed by atoms with Crippen LogP contribution in [0.1, 0.15) is 73.1 Å². The van der Waals surface area contributed by atoms with E-state index in [1.807, 2.05) is 30.3 Å². The van der Waals surface area contributed by atoms with Gasteiger partial charge in [-0.25, -0.2) is 0 Å². The van der Waals surface area contributed by atoms with Gasteiger partial charge in [0.15, 0.2) is 0 Å². The zero-order chi connectivity index (χ0) is 28.1. The molecule has 2 amide bonds. The van der Waals surface area contributed by atoms with Crippen molar-refractivity contribution in [1.29, 1.82) is 0 Å². The molecule has 0 bridgehead atoms. The van der Waals surface area contributed by atoms with Gasteiger partial charge in [-0.1, -0.05) is 43.2 Å². The third-order valence-corrected chi connectivity index (χ3v) is 9.01. The van der Waals surface area contributed by atoms with Crippen molar-refractivity contribution in [3.8, 4) is 0 Å². The van der Waals surface area contributed by atoms with E-state index in [2.05, 4.69) is 5.32 Å². The van der Waals surface area contributed by atoms with Gasteiger partial charge >= 0.3 is 12.4 Å². The fourth-order valence-electron chi connectivity index (χ4n) is 6.91. The fraction of sp³-hybridized carbons (Fsp3) is 0.517. The number of piperidine rings is 2. The minimum atomic E-state index is -4.98. The Morgan fingerprint density at radius 1 is 0.846 bits per heavy atom. The molecule has 4 nitrogen and oxygen atoms in total. The van der Waals surface area contributed by atoms with Crippen LogP contribution in [0.2, 0.25) is 0 Å². The van der Waals surface area contributed by atoms with Crippen molar-refractivity contribution in [2.45, 2.75) is 68.6 Å². The van der Waals surface area contributed by atoms with Crippen LogP contribution in [0.25, 0.3) is 0 Å². The summed E-state index contributed by atoms with van der Waals surface area (Å²) in [6.45, 7) is 1.07. The zero-order valence-electron chi connectivity index (χ0n) is 21.3. The highest BCUT2D eigenvalue weighted by Gasteiger charge is 2.51. The molecule has 210 valence electrons. The zero-order valence-corrected chi connectivity index (χ0v) is 21.3. The van der Waals surface area contributed by atoms with Crippen molar-refractivity contribution in [3.63, 3.8) is 0 Å². The topological polar surface area (TPSA) is 49.4 Å². The molecule has 39 heavy (non-hydrogen) atoms. The summed E-state index contributed by atoms with van der Waals surface area (Å²) < 4.78 is 81.7. The molecule has 10 heteroatoms. The van der Waals surface area contributed by atoms with Gasteiger partial charge in [-0.2, -0.15) is 26.3 Å². The Balaban J connectivity index is 1.45. The highest BCUT2D eigenvalue weighted by molar-refractivity contribution is 5.89. The molecule has 2 aromatic rings. The lowest BCUT2D eigenvalue weighted by Crippen LogP contribution is -2.55. The van der Waals surface area contributed by atoms with Crippen molar-refractivity contribution in [3.05, 3.63) is 70.8 Å². The number of halogens is 6. The number of nitrogens with zero attached hydrogens (tertiary/aromatic N) is 1. The number of likely N-dealkylation sites (tertiary alicyclic amines) is 1. The van der Waals surface area contributed by atoms with E-state index in [1.54, 1.807) is 4.90 Å². The Morgan fingerprint density at radius 2 is 1.41 bits per heavy atom. The predicted octanol–water partition coefficient (Wildman–Crippen LogP) is 6.45. The molecule has 2 saturated heterocycles. The number of rotatable bonds is 3. The summed E-state index contributed by atoms with van der Waals surface area (Å²) in [6.07, 6.45) is -7.13. The summed E-state index contributed by atoms with van der Waals surface area (Å²) in [6, 6.07) is 11.4. The molecule has 1 spiro atoms. The molecule has 1 saturated carbocycles. The average molecular weight is 553 g/mol. The van der Waals surface area contributed by atoms with Crippen LogP contribution in [-0.2, 0) is 27.4 Å². The van der Waals surface area contributed by atoms with Crippen LogP contribution in [0.15, 0.2) is 48.5 Å². The van der Waals surface area contributed by atoms with E-state index in [4.69, 9.17) is 0 Å². The lowest BCUT2D eigenvalue weighted by atomic mass is 9.62. The lowest BCUT2D eigenvalue weighted by molar-refractivity contribution is -0.145. The van der Waals surface area contributed by atoms with Crippen LogP contribution in [-0.4, -0.2) is 36.3 Å². The standard InChI is InChI=1S/C29H30F6N2O2/c30-28(31,32)21-14-20(15-22(16-21)29(33,34)35)27(8-4-5-9-27)25(39)37-12-10-26(11-13-37)17-24(38)36-18-23(26)19-6-2-1-3-7-19/h1-3,6-7,14-16,23H,4-5,8-13,17-18H2,(H,36,38). The van der Waals surface area contributed by atoms with Gasteiger partial charge in [-0.05, 0) is 60.4 Å². The molecular formula is C29H30F6N2O2. The molecule has 0 aromatic heterocycles. The van der Waals surface area contributed by atoms with Crippen LogP contribution in [0.5, 0.6) is 0 Å². The highest BCUT2D eigenvalue weighted by Crippen LogP contribution is 2.51. The van der Waals surface area contributed by atoms with Crippen molar-refractivity contribution in [2.75, 3.05) is 19.6 Å². The van der Waals surface area contributed by atoms with Gasteiger partial charge in [0.2, 0.25) is 11.8 Å². The van der Waals surface area contributed by atoms with Crippen LogP contribution < -0.4 is 5.32 Å².